The van der Waals surface area contributed by atoms with Crippen molar-refractivity contribution in [1.29, 1.82) is 0 Å². The van der Waals surface area contributed by atoms with Crippen molar-refractivity contribution < 1.29 is 19.4 Å². The molecule has 5 heteroatoms. The summed E-state index contributed by atoms with van der Waals surface area (Å²) in [5.41, 5.74) is 5.44. The summed E-state index contributed by atoms with van der Waals surface area (Å²) < 4.78 is 4.88. The molecule has 0 amide bonds. The monoisotopic (exact) mass is 217 g/mol. The van der Waals surface area contributed by atoms with Crippen LogP contribution in [0.2, 0.25) is 0 Å². The van der Waals surface area contributed by atoms with E-state index in [2.05, 4.69) is 6.92 Å². The molecule has 0 aliphatic rings. The Kier molecular flexibility index (Phi) is 7.62. The van der Waals surface area contributed by atoms with Gasteiger partial charge in [-0.2, -0.15) is 0 Å². The molecule has 1 atom stereocenters. The minimum atomic E-state index is -0.954. The van der Waals surface area contributed by atoms with Gasteiger partial charge in [-0.1, -0.05) is 19.8 Å². The average molecular weight is 217 g/mol. The van der Waals surface area contributed by atoms with Crippen molar-refractivity contribution in [3.8, 4) is 0 Å². The summed E-state index contributed by atoms with van der Waals surface area (Å²) >= 11 is 0. The van der Waals surface area contributed by atoms with Gasteiger partial charge in [0.15, 0.2) is 0 Å². The van der Waals surface area contributed by atoms with Crippen LogP contribution in [0.25, 0.3) is 0 Å². The van der Waals surface area contributed by atoms with E-state index >= 15 is 0 Å². The highest BCUT2D eigenvalue weighted by atomic mass is 16.5. The van der Waals surface area contributed by atoms with Gasteiger partial charge >= 0.3 is 11.9 Å². The van der Waals surface area contributed by atoms with Crippen LogP contribution < -0.4 is 5.73 Å². The van der Waals surface area contributed by atoms with Crippen molar-refractivity contribution in [2.75, 3.05) is 6.61 Å². The lowest BCUT2D eigenvalue weighted by Crippen LogP contribution is -2.33. The molecule has 0 aromatic carbocycles. The molecule has 3 N–H and O–H groups in total. The van der Waals surface area contributed by atoms with E-state index in [0.29, 0.717) is 6.61 Å². The maximum absolute atomic E-state index is 11.2. The maximum Gasteiger partial charge on any atom is 0.322 e. The van der Waals surface area contributed by atoms with Gasteiger partial charge in [0.2, 0.25) is 0 Å². The zero-order valence-corrected chi connectivity index (χ0v) is 9.07. The van der Waals surface area contributed by atoms with Crippen LogP contribution >= 0.6 is 0 Å². The first-order chi connectivity index (χ1) is 7.07. The minimum Gasteiger partial charge on any atom is -0.481 e. The second kappa shape index (κ2) is 8.23. The first-order valence-corrected chi connectivity index (χ1v) is 5.22. The molecule has 0 bridgehead atoms. The van der Waals surface area contributed by atoms with E-state index in [1.165, 1.54) is 0 Å². The number of carboxylic acid groups (broad SMARTS) is 1. The molecular weight excluding hydrogens is 198 g/mol. The molecular formula is C10H19NO4. The molecule has 1 unspecified atom stereocenters. The van der Waals surface area contributed by atoms with Gasteiger partial charge in [0.25, 0.3) is 0 Å². The number of rotatable bonds is 8. The van der Waals surface area contributed by atoms with Crippen LogP contribution in [0.4, 0.5) is 0 Å². The second-order valence-electron chi connectivity index (χ2n) is 3.41. The van der Waals surface area contributed by atoms with Crippen LogP contribution in [-0.4, -0.2) is 29.7 Å². The number of unbranched alkanes of at least 4 members (excludes halogenated alkanes) is 2. The van der Waals surface area contributed by atoms with Crippen LogP contribution in [0, 0.1) is 0 Å². The Bertz CT molecular complexity index is 206. The van der Waals surface area contributed by atoms with Gasteiger partial charge in [0.05, 0.1) is 6.61 Å². The number of esters is 1. The third-order valence-corrected chi connectivity index (χ3v) is 1.96. The lowest BCUT2D eigenvalue weighted by atomic mass is 10.2. The van der Waals surface area contributed by atoms with Gasteiger partial charge in [0, 0.05) is 6.42 Å². The predicted octanol–water partition coefficient (Wildman–Crippen LogP) is 0.912. The van der Waals surface area contributed by atoms with E-state index in [9.17, 15) is 9.59 Å². The summed E-state index contributed by atoms with van der Waals surface area (Å²) in [5, 5.41) is 8.38. The van der Waals surface area contributed by atoms with E-state index in [0.717, 1.165) is 19.3 Å². The predicted molar refractivity (Wildman–Crippen MR) is 55.3 cm³/mol. The van der Waals surface area contributed by atoms with Gasteiger partial charge < -0.3 is 15.6 Å². The highest BCUT2D eigenvalue weighted by Crippen LogP contribution is 1.99. The minimum absolute atomic E-state index is 0.106. The van der Waals surface area contributed by atoms with Crippen molar-refractivity contribution in [2.24, 2.45) is 5.73 Å². The number of ether oxygens (including phenoxy) is 1. The topological polar surface area (TPSA) is 89.6 Å². The quantitative estimate of drug-likeness (QED) is 0.466. The molecule has 0 saturated carbocycles. The Labute approximate surface area is 89.6 Å². The van der Waals surface area contributed by atoms with E-state index in [4.69, 9.17) is 15.6 Å². The van der Waals surface area contributed by atoms with Crippen molar-refractivity contribution in [3.05, 3.63) is 0 Å². The molecule has 0 saturated heterocycles. The number of aliphatic carboxylic acids is 1. The number of nitrogens with two attached hydrogens (primary N) is 1. The number of carbonyl (C=O) groups excluding carboxylic acids is 1. The molecule has 0 aliphatic heterocycles. The Morgan fingerprint density at radius 2 is 2.07 bits per heavy atom. The SMILES string of the molecule is CCCCCOC(=O)C(N)CCC(=O)O. The highest BCUT2D eigenvalue weighted by Gasteiger charge is 2.15. The lowest BCUT2D eigenvalue weighted by molar-refractivity contribution is -0.145. The lowest BCUT2D eigenvalue weighted by Gasteiger charge is -2.09. The molecule has 0 aromatic heterocycles. The smallest absolute Gasteiger partial charge is 0.322 e. The molecule has 0 aromatic rings. The number of hydrogen-bond acceptors (Lipinski definition) is 4. The molecule has 5 nitrogen and oxygen atoms in total. The molecule has 15 heavy (non-hydrogen) atoms. The molecule has 0 radical (unpaired) electrons. The largest absolute Gasteiger partial charge is 0.481 e. The van der Waals surface area contributed by atoms with Crippen LogP contribution in [0.1, 0.15) is 39.0 Å². The Morgan fingerprint density at radius 3 is 2.60 bits per heavy atom. The fraction of sp³-hybridized carbons (Fsp3) is 0.800. The summed E-state index contributed by atoms with van der Waals surface area (Å²) in [6.45, 7) is 2.42. The van der Waals surface area contributed by atoms with Crippen LogP contribution in [0.5, 0.6) is 0 Å². The Balaban J connectivity index is 3.55. The number of carboxylic acids is 1. The fourth-order valence-electron chi connectivity index (χ4n) is 1.03. The normalized spacial score (nSPS) is 12.1. The van der Waals surface area contributed by atoms with Gasteiger partial charge in [-0.25, -0.2) is 0 Å². The Hall–Kier alpha value is -1.10. The molecule has 88 valence electrons. The van der Waals surface area contributed by atoms with Crippen LogP contribution in [0.3, 0.4) is 0 Å². The summed E-state index contributed by atoms with van der Waals surface area (Å²) in [6, 6.07) is -0.817. The summed E-state index contributed by atoms with van der Waals surface area (Å²) in [4.78, 5) is 21.4. The molecule has 0 spiro atoms. The van der Waals surface area contributed by atoms with E-state index in [1.807, 2.05) is 0 Å². The summed E-state index contributed by atoms with van der Waals surface area (Å²) in [6.07, 6.45) is 2.92. The van der Waals surface area contributed by atoms with Crippen molar-refractivity contribution >= 4 is 11.9 Å². The zero-order chi connectivity index (χ0) is 11.7. The van der Waals surface area contributed by atoms with Crippen LogP contribution in [0.15, 0.2) is 0 Å². The van der Waals surface area contributed by atoms with E-state index in [-0.39, 0.29) is 12.8 Å². The maximum atomic E-state index is 11.2. The first kappa shape index (κ1) is 13.9. The zero-order valence-electron chi connectivity index (χ0n) is 9.07. The van der Waals surface area contributed by atoms with E-state index in [1.54, 1.807) is 0 Å². The molecule has 0 rings (SSSR count). The van der Waals surface area contributed by atoms with Crippen molar-refractivity contribution in [3.63, 3.8) is 0 Å². The van der Waals surface area contributed by atoms with Gasteiger partial charge in [-0.3, -0.25) is 9.59 Å². The summed E-state index contributed by atoms with van der Waals surface area (Å²) in [7, 11) is 0. The standard InChI is InChI=1S/C10H19NO4/c1-2-3-4-7-15-10(14)8(11)5-6-9(12)13/h8H,2-7,11H2,1H3,(H,12,13). The molecule has 0 fully saturated rings. The van der Waals surface area contributed by atoms with E-state index < -0.39 is 18.0 Å². The third-order valence-electron chi connectivity index (χ3n) is 1.96. The Morgan fingerprint density at radius 1 is 1.40 bits per heavy atom. The number of hydrogen-bond donors (Lipinski definition) is 2. The third kappa shape index (κ3) is 7.93. The van der Waals surface area contributed by atoms with Crippen molar-refractivity contribution in [2.45, 2.75) is 45.1 Å². The average Bonchev–Trinajstić information content (AvgIpc) is 2.20. The first-order valence-electron chi connectivity index (χ1n) is 5.22. The fourth-order valence-corrected chi connectivity index (χ4v) is 1.03. The van der Waals surface area contributed by atoms with Crippen molar-refractivity contribution in [1.82, 2.24) is 0 Å². The number of carbonyl (C=O) groups is 2. The van der Waals surface area contributed by atoms with Gasteiger partial charge in [-0.05, 0) is 12.8 Å². The van der Waals surface area contributed by atoms with Crippen LogP contribution in [-0.2, 0) is 14.3 Å². The van der Waals surface area contributed by atoms with Gasteiger partial charge in [0.1, 0.15) is 6.04 Å². The van der Waals surface area contributed by atoms with Gasteiger partial charge in [-0.15, -0.1) is 0 Å². The molecule has 0 aliphatic carbocycles. The molecule has 0 heterocycles. The second-order valence-corrected chi connectivity index (χ2v) is 3.41. The summed E-state index contributed by atoms with van der Waals surface area (Å²) in [5.74, 6) is -1.46. The highest BCUT2D eigenvalue weighted by molar-refractivity contribution is 5.76.